The number of amidine groups is 1. The first-order valence-corrected chi connectivity index (χ1v) is 9.58. The van der Waals surface area contributed by atoms with Crippen LogP contribution in [0.2, 0.25) is 5.15 Å². The van der Waals surface area contributed by atoms with Gasteiger partial charge in [0.15, 0.2) is 10.3 Å². The van der Waals surface area contributed by atoms with E-state index >= 15 is 0 Å². The van der Waals surface area contributed by atoms with Gasteiger partial charge in [0.1, 0.15) is 11.4 Å². The van der Waals surface area contributed by atoms with Gasteiger partial charge in [0.25, 0.3) is 5.91 Å². The highest BCUT2D eigenvalue weighted by molar-refractivity contribution is 8.19. The number of rotatable bonds is 3. The fourth-order valence-corrected chi connectivity index (χ4v) is 3.84. The van der Waals surface area contributed by atoms with Crippen molar-refractivity contribution in [2.75, 3.05) is 4.90 Å². The van der Waals surface area contributed by atoms with Crippen molar-refractivity contribution in [3.8, 4) is 5.75 Å². The van der Waals surface area contributed by atoms with Crippen LogP contribution in [0.1, 0.15) is 5.56 Å². The van der Waals surface area contributed by atoms with Gasteiger partial charge in [-0.25, -0.2) is 9.98 Å². The van der Waals surface area contributed by atoms with Crippen LogP contribution in [-0.2, 0) is 4.79 Å². The molecule has 0 atom stereocenters. The Bertz CT molecular complexity index is 1100. The van der Waals surface area contributed by atoms with Crippen molar-refractivity contribution in [1.29, 1.82) is 0 Å². The van der Waals surface area contributed by atoms with Crippen molar-refractivity contribution >= 4 is 51.9 Å². The minimum absolute atomic E-state index is 0.140. The molecule has 0 spiro atoms. The number of aromatic hydroxyl groups is 1. The maximum atomic E-state index is 13.1. The standard InChI is InChI=1S/C21H14ClN3O2S/c22-19-17(10-5-11-23-19)24-21-25(15-7-2-1-3-8-15)20(27)18(28-21)13-14-6-4-9-16(26)12-14/h1-13,26H/b18-13-,24-21?. The summed E-state index contributed by atoms with van der Waals surface area (Å²) in [6.45, 7) is 0. The molecular formula is C21H14ClN3O2S. The van der Waals surface area contributed by atoms with Crippen LogP contribution in [0.3, 0.4) is 0 Å². The molecule has 1 aliphatic rings. The molecule has 0 radical (unpaired) electrons. The number of para-hydroxylation sites is 1. The molecule has 28 heavy (non-hydrogen) atoms. The molecule has 1 saturated heterocycles. The molecule has 4 rings (SSSR count). The highest BCUT2D eigenvalue weighted by Crippen LogP contribution is 2.38. The molecule has 3 aromatic rings. The molecule has 138 valence electrons. The molecule has 0 unspecified atom stereocenters. The lowest BCUT2D eigenvalue weighted by Gasteiger charge is -2.15. The lowest BCUT2D eigenvalue weighted by atomic mass is 10.2. The lowest BCUT2D eigenvalue weighted by Crippen LogP contribution is -2.28. The Morgan fingerprint density at radius 2 is 1.89 bits per heavy atom. The van der Waals surface area contributed by atoms with E-state index in [9.17, 15) is 9.90 Å². The second-order valence-corrected chi connectivity index (χ2v) is 7.26. The number of carbonyl (C=O) groups is 1. The van der Waals surface area contributed by atoms with E-state index in [1.807, 2.05) is 36.4 Å². The largest absolute Gasteiger partial charge is 0.508 e. The zero-order valence-electron chi connectivity index (χ0n) is 14.5. The van der Waals surface area contributed by atoms with Crippen molar-refractivity contribution in [2.24, 2.45) is 4.99 Å². The molecule has 0 aliphatic carbocycles. The average Bonchev–Trinajstić information content (AvgIpc) is 2.99. The summed E-state index contributed by atoms with van der Waals surface area (Å²) in [7, 11) is 0. The second kappa shape index (κ2) is 7.88. The van der Waals surface area contributed by atoms with Gasteiger partial charge in [-0.1, -0.05) is 41.9 Å². The molecule has 1 fully saturated rings. The van der Waals surface area contributed by atoms with E-state index < -0.39 is 0 Å². The summed E-state index contributed by atoms with van der Waals surface area (Å²) in [4.78, 5) is 23.8. The van der Waals surface area contributed by atoms with Crippen LogP contribution in [0.25, 0.3) is 6.08 Å². The smallest absolute Gasteiger partial charge is 0.271 e. The molecule has 0 bridgehead atoms. The van der Waals surface area contributed by atoms with Gasteiger partial charge in [-0.3, -0.25) is 9.69 Å². The monoisotopic (exact) mass is 407 g/mol. The van der Waals surface area contributed by atoms with Crippen LogP contribution < -0.4 is 4.90 Å². The Balaban J connectivity index is 1.79. The number of benzene rings is 2. The minimum atomic E-state index is -0.196. The van der Waals surface area contributed by atoms with Gasteiger partial charge >= 0.3 is 0 Å². The minimum Gasteiger partial charge on any atom is -0.508 e. The number of nitrogens with zero attached hydrogens (tertiary/aromatic N) is 3. The number of anilines is 1. The van der Waals surface area contributed by atoms with Crippen LogP contribution in [0, 0.1) is 0 Å². The van der Waals surface area contributed by atoms with E-state index in [1.54, 1.807) is 47.5 Å². The Kier molecular flexibility index (Phi) is 5.14. The highest BCUT2D eigenvalue weighted by atomic mass is 35.5. The average molecular weight is 408 g/mol. The van der Waals surface area contributed by atoms with Crippen molar-refractivity contribution in [2.45, 2.75) is 0 Å². The number of pyridine rings is 1. The van der Waals surface area contributed by atoms with Crippen LogP contribution >= 0.6 is 23.4 Å². The van der Waals surface area contributed by atoms with E-state index in [1.165, 1.54) is 11.8 Å². The number of hydrogen-bond donors (Lipinski definition) is 1. The summed E-state index contributed by atoms with van der Waals surface area (Å²) >= 11 is 7.39. The molecule has 5 nitrogen and oxygen atoms in total. The predicted octanol–water partition coefficient (Wildman–Crippen LogP) is 5.25. The summed E-state index contributed by atoms with van der Waals surface area (Å²) in [5, 5.41) is 10.4. The third-order valence-corrected chi connectivity index (χ3v) is 5.20. The summed E-state index contributed by atoms with van der Waals surface area (Å²) in [6, 6.07) is 19.5. The number of carbonyl (C=O) groups excluding carboxylic acids is 1. The zero-order chi connectivity index (χ0) is 19.5. The molecule has 2 aromatic carbocycles. The number of phenolic OH excluding ortho intramolecular Hbond substituents is 1. The van der Waals surface area contributed by atoms with E-state index in [-0.39, 0.29) is 16.8 Å². The topological polar surface area (TPSA) is 65.8 Å². The van der Waals surface area contributed by atoms with Gasteiger partial charge in [0.05, 0.1) is 10.6 Å². The van der Waals surface area contributed by atoms with Crippen molar-refractivity contribution < 1.29 is 9.90 Å². The van der Waals surface area contributed by atoms with Gasteiger partial charge in [-0.15, -0.1) is 0 Å². The van der Waals surface area contributed by atoms with E-state index in [2.05, 4.69) is 9.98 Å². The lowest BCUT2D eigenvalue weighted by molar-refractivity contribution is -0.113. The molecule has 1 N–H and O–H groups in total. The Hall–Kier alpha value is -3.09. The number of halogens is 1. The Morgan fingerprint density at radius 1 is 1.07 bits per heavy atom. The van der Waals surface area contributed by atoms with Crippen LogP contribution in [-0.4, -0.2) is 21.2 Å². The predicted molar refractivity (Wildman–Crippen MR) is 114 cm³/mol. The highest BCUT2D eigenvalue weighted by Gasteiger charge is 2.34. The summed E-state index contributed by atoms with van der Waals surface area (Å²) in [5.74, 6) is -0.0564. The molecule has 0 saturated carbocycles. The van der Waals surface area contributed by atoms with Gasteiger partial charge in [0, 0.05) is 6.20 Å². The number of aliphatic imine (C=N–C) groups is 1. The van der Waals surface area contributed by atoms with Crippen molar-refractivity contribution in [1.82, 2.24) is 4.98 Å². The summed E-state index contributed by atoms with van der Waals surface area (Å²) in [6.07, 6.45) is 3.32. The number of thioether (sulfide) groups is 1. The molecule has 2 heterocycles. The van der Waals surface area contributed by atoms with E-state index in [0.717, 1.165) is 5.56 Å². The van der Waals surface area contributed by atoms with Crippen LogP contribution in [0.4, 0.5) is 11.4 Å². The Labute approximate surface area is 171 Å². The first-order chi connectivity index (χ1) is 13.6. The summed E-state index contributed by atoms with van der Waals surface area (Å²) < 4.78 is 0. The number of phenols is 1. The fourth-order valence-electron chi connectivity index (χ4n) is 2.68. The van der Waals surface area contributed by atoms with Gasteiger partial charge < -0.3 is 5.11 Å². The second-order valence-electron chi connectivity index (χ2n) is 5.89. The molecule has 1 aromatic heterocycles. The molecular weight excluding hydrogens is 394 g/mol. The maximum absolute atomic E-state index is 13.1. The number of hydrogen-bond acceptors (Lipinski definition) is 5. The molecule has 1 amide bonds. The third-order valence-electron chi connectivity index (χ3n) is 3.94. The van der Waals surface area contributed by atoms with Crippen molar-refractivity contribution in [3.05, 3.63) is 88.5 Å². The first kappa shape index (κ1) is 18.3. The quantitative estimate of drug-likeness (QED) is 0.475. The third kappa shape index (κ3) is 3.78. The maximum Gasteiger partial charge on any atom is 0.271 e. The SMILES string of the molecule is O=C1/C(=C/c2cccc(O)c2)SC(=Nc2cccnc2Cl)N1c1ccccc1. The molecule has 7 heteroatoms. The van der Waals surface area contributed by atoms with E-state index in [0.29, 0.717) is 21.4 Å². The van der Waals surface area contributed by atoms with Gasteiger partial charge in [0.2, 0.25) is 0 Å². The number of aromatic nitrogens is 1. The fraction of sp³-hybridized carbons (Fsp3) is 0. The zero-order valence-corrected chi connectivity index (χ0v) is 16.1. The number of amides is 1. The van der Waals surface area contributed by atoms with Gasteiger partial charge in [-0.05, 0) is 59.8 Å². The van der Waals surface area contributed by atoms with Crippen LogP contribution in [0.15, 0.2) is 82.8 Å². The molecule has 1 aliphatic heterocycles. The normalized spacial score (nSPS) is 16.9. The van der Waals surface area contributed by atoms with Crippen molar-refractivity contribution in [3.63, 3.8) is 0 Å². The first-order valence-electron chi connectivity index (χ1n) is 8.39. The summed E-state index contributed by atoms with van der Waals surface area (Å²) in [5.41, 5.74) is 1.92. The van der Waals surface area contributed by atoms with Gasteiger partial charge in [-0.2, -0.15) is 0 Å². The van der Waals surface area contributed by atoms with Crippen LogP contribution in [0.5, 0.6) is 5.75 Å². The Morgan fingerprint density at radius 3 is 2.64 bits per heavy atom. The van der Waals surface area contributed by atoms with E-state index in [4.69, 9.17) is 11.6 Å².